The third kappa shape index (κ3) is 1.86. The fourth-order valence-corrected chi connectivity index (χ4v) is 1.64. The van der Waals surface area contributed by atoms with Gasteiger partial charge in [0.1, 0.15) is 5.78 Å². The third-order valence-electron chi connectivity index (χ3n) is 2.78. The van der Waals surface area contributed by atoms with Gasteiger partial charge in [0.25, 0.3) is 0 Å². The van der Waals surface area contributed by atoms with Crippen molar-refractivity contribution >= 4 is 5.78 Å². The summed E-state index contributed by atoms with van der Waals surface area (Å²) in [6.45, 7) is 2.08. The molecule has 3 heteroatoms. The molecule has 0 bridgehead atoms. The maximum atomic E-state index is 11.6. The summed E-state index contributed by atoms with van der Waals surface area (Å²) < 4.78 is 1.83. The molecule has 0 aliphatic heterocycles. The van der Waals surface area contributed by atoms with E-state index in [1.165, 1.54) is 0 Å². The highest BCUT2D eigenvalue weighted by atomic mass is 16.1. The second kappa shape index (κ2) is 3.56. The van der Waals surface area contributed by atoms with Crippen molar-refractivity contribution in [3.63, 3.8) is 0 Å². The van der Waals surface area contributed by atoms with E-state index in [0.29, 0.717) is 18.1 Å². The number of aryl methyl sites for hydroxylation is 2. The van der Waals surface area contributed by atoms with Crippen LogP contribution in [0.1, 0.15) is 31.2 Å². The van der Waals surface area contributed by atoms with Gasteiger partial charge >= 0.3 is 0 Å². The van der Waals surface area contributed by atoms with Gasteiger partial charge in [-0.3, -0.25) is 9.48 Å². The monoisotopic (exact) mass is 192 g/mol. The molecule has 1 aromatic heterocycles. The molecule has 1 heterocycles. The number of nitrogens with zero attached hydrogens (tertiary/aromatic N) is 2. The number of ketones is 1. The molecule has 1 aromatic rings. The summed E-state index contributed by atoms with van der Waals surface area (Å²) in [4.78, 5) is 11.6. The molecule has 0 unspecified atom stereocenters. The molecule has 0 radical (unpaired) electrons. The number of aromatic nitrogens is 2. The van der Waals surface area contributed by atoms with Crippen molar-refractivity contribution < 1.29 is 4.79 Å². The summed E-state index contributed by atoms with van der Waals surface area (Å²) in [5, 5.41) is 4.33. The Hall–Kier alpha value is -1.12. The van der Waals surface area contributed by atoms with Crippen LogP contribution >= 0.6 is 0 Å². The van der Waals surface area contributed by atoms with Crippen LogP contribution in [0.2, 0.25) is 0 Å². The molecule has 1 fully saturated rings. The average molecular weight is 192 g/mol. The Morgan fingerprint density at radius 3 is 2.86 bits per heavy atom. The van der Waals surface area contributed by atoms with E-state index in [-0.39, 0.29) is 0 Å². The van der Waals surface area contributed by atoms with Crippen molar-refractivity contribution in [1.29, 1.82) is 0 Å². The zero-order valence-corrected chi connectivity index (χ0v) is 8.79. The molecule has 14 heavy (non-hydrogen) atoms. The number of hydrogen-bond donors (Lipinski definition) is 0. The van der Waals surface area contributed by atoms with Crippen LogP contribution in [0.3, 0.4) is 0 Å². The molecule has 0 spiro atoms. The van der Waals surface area contributed by atoms with Gasteiger partial charge in [0.15, 0.2) is 0 Å². The third-order valence-corrected chi connectivity index (χ3v) is 2.78. The molecule has 0 N–H and O–H groups in total. The Morgan fingerprint density at radius 2 is 2.36 bits per heavy atom. The van der Waals surface area contributed by atoms with Gasteiger partial charge in [0.2, 0.25) is 0 Å². The largest absolute Gasteiger partial charge is 0.299 e. The fraction of sp³-hybridized carbons (Fsp3) is 0.636. The van der Waals surface area contributed by atoms with Crippen LogP contribution in [-0.4, -0.2) is 15.6 Å². The lowest BCUT2D eigenvalue weighted by Gasteiger charge is -1.98. The first-order valence-corrected chi connectivity index (χ1v) is 5.25. The number of rotatable bonds is 4. The lowest BCUT2D eigenvalue weighted by molar-refractivity contribution is -0.119. The van der Waals surface area contributed by atoms with Gasteiger partial charge < -0.3 is 0 Å². The number of carbonyl (C=O) groups is 1. The Labute approximate surface area is 84.1 Å². The van der Waals surface area contributed by atoms with E-state index in [2.05, 4.69) is 12.0 Å². The number of Topliss-reactive ketones (excluding diaryl/α,β-unsaturated/α-hetero) is 1. The van der Waals surface area contributed by atoms with E-state index in [1.54, 1.807) is 0 Å². The second-order valence-corrected chi connectivity index (χ2v) is 4.02. The SMILES string of the molecule is CCc1cc(CC(=O)C2CC2)n(C)n1. The van der Waals surface area contributed by atoms with Crippen molar-refractivity contribution in [2.75, 3.05) is 0 Å². The predicted molar refractivity (Wildman–Crippen MR) is 54.0 cm³/mol. The highest BCUT2D eigenvalue weighted by Crippen LogP contribution is 2.30. The van der Waals surface area contributed by atoms with Crippen LogP contribution in [0.4, 0.5) is 0 Å². The highest BCUT2D eigenvalue weighted by Gasteiger charge is 2.29. The second-order valence-electron chi connectivity index (χ2n) is 4.02. The lowest BCUT2D eigenvalue weighted by atomic mass is 10.1. The molecule has 2 rings (SSSR count). The van der Waals surface area contributed by atoms with E-state index >= 15 is 0 Å². The van der Waals surface area contributed by atoms with Crippen molar-refractivity contribution in [3.05, 3.63) is 17.5 Å². The van der Waals surface area contributed by atoms with E-state index in [4.69, 9.17) is 0 Å². The van der Waals surface area contributed by atoms with Crippen LogP contribution in [0.15, 0.2) is 6.07 Å². The quantitative estimate of drug-likeness (QED) is 0.724. The van der Waals surface area contributed by atoms with Crippen LogP contribution < -0.4 is 0 Å². The molecule has 0 atom stereocenters. The molecule has 1 saturated carbocycles. The Morgan fingerprint density at radius 1 is 1.64 bits per heavy atom. The fourth-order valence-electron chi connectivity index (χ4n) is 1.64. The smallest absolute Gasteiger partial charge is 0.141 e. The summed E-state index contributed by atoms with van der Waals surface area (Å²) in [5.41, 5.74) is 2.13. The molecular weight excluding hydrogens is 176 g/mol. The van der Waals surface area contributed by atoms with Gasteiger partial charge in [-0.25, -0.2) is 0 Å². The van der Waals surface area contributed by atoms with Gasteiger partial charge in [0.05, 0.1) is 5.69 Å². The molecule has 76 valence electrons. The molecule has 1 aliphatic carbocycles. The molecule has 1 aliphatic rings. The van der Waals surface area contributed by atoms with Gasteiger partial charge in [-0.1, -0.05) is 6.92 Å². The molecule has 3 nitrogen and oxygen atoms in total. The Bertz CT molecular complexity index is 350. The highest BCUT2D eigenvalue weighted by molar-refractivity contribution is 5.84. The summed E-state index contributed by atoms with van der Waals surface area (Å²) in [6.07, 6.45) is 3.69. The minimum absolute atomic E-state index is 0.356. The maximum Gasteiger partial charge on any atom is 0.141 e. The number of carbonyl (C=O) groups excluding carboxylic acids is 1. The first kappa shape index (κ1) is 9.44. The van der Waals surface area contributed by atoms with Gasteiger partial charge in [-0.2, -0.15) is 5.10 Å². The summed E-state index contributed by atoms with van der Waals surface area (Å²) in [6, 6.07) is 2.04. The van der Waals surface area contributed by atoms with Gasteiger partial charge in [-0.15, -0.1) is 0 Å². The molecular formula is C11H16N2O. The molecule has 0 amide bonds. The minimum Gasteiger partial charge on any atom is -0.299 e. The summed E-state index contributed by atoms with van der Waals surface area (Å²) >= 11 is 0. The summed E-state index contributed by atoms with van der Waals surface area (Å²) in [7, 11) is 1.91. The predicted octanol–water partition coefficient (Wildman–Crippen LogP) is 1.50. The van der Waals surface area contributed by atoms with Crippen LogP contribution in [-0.2, 0) is 24.7 Å². The van der Waals surface area contributed by atoms with Crippen LogP contribution in [0.25, 0.3) is 0 Å². The Kier molecular flexibility index (Phi) is 2.40. The van der Waals surface area contributed by atoms with Crippen molar-refractivity contribution in [2.24, 2.45) is 13.0 Å². The summed E-state index contributed by atoms with van der Waals surface area (Å²) in [5.74, 6) is 0.741. The Balaban J connectivity index is 2.07. The molecule has 0 aromatic carbocycles. The topological polar surface area (TPSA) is 34.9 Å². The molecule has 0 saturated heterocycles. The standard InChI is InChI=1S/C11H16N2O/c1-3-9-6-10(13(2)12-9)7-11(14)8-4-5-8/h6,8H,3-5,7H2,1-2H3. The van der Waals surface area contributed by atoms with Crippen molar-refractivity contribution in [1.82, 2.24) is 9.78 Å². The van der Waals surface area contributed by atoms with E-state index in [0.717, 1.165) is 30.7 Å². The van der Waals surface area contributed by atoms with Crippen molar-refractivity contribution in [2.45, 2.75) is 32.6 Å². The number of hydrogen-bond acceptors (Lipinski definition) is 2. The first-order chi connectivity index (χ1) is 6.70. The minimum atomic E-state index is 0.356. The average Bonchev–Trinajstić information content (AvgIpc) is 2.94. The van der Waals surface area contributed by atoms with Crippen molar-refractivity contribution in [3.8, 4) is 0 Å². The zero-order valence-electron chi connectivity index (χ0n) is 8.79. The van der Waals surface area contributed by atoms with Crippen LogP contribution in [0, 0.1) is 5.92 Å². The first-order valence-electron chi connectivity index (χ1n) is 5.25. The lowest BCUT2D eigenvalue weighted by Crippen LogP contribution is -2.08. The maximum absolute atomic E-state index is 11.6. The van der Waals surface area contributed by atoms with E-state index in [1.807, 2.05) is 17.8 Å². The van der Waals surface area contributed by atoms with E-state index < -0.39 is 0 Å². The van der Waals surface area contributed by atoms with Crippen LogP contribution in [0.5, 0.6) is 0 Å². The van der Waals surface area contributed by atoms with Gasteiger partial charge in [-0.05, 0) is 25.3 Å². The van der Waals surface area contributed by atoms with E-state index in [9.17, 15) is 4.79 Å². The zero-order chi connectivity index (χ0) is 10.1. The normalized spacial score (nSPS) is 15.9. The van der Waals surface area contributed by atoms with Gasteiger partial charge in [0, 0.05) is 25.1 Å².